The largest absolute Gasteiger partial charge is 0.420 e. The maximum atomic E-state index is 12.9. The fraction of sp³-hybridized carbons (Fsp3) is 0.389. The van der Waals surface area contributed by atoms with Crippen molar-refractivity contribution in [3.8, 4) is 0 Å². The molecule has 0 bridgehead atoms. The molecule has 0 saturated heterocycles. The minimum Gasteiger partial charge on any atom is -0.351 e. The molecule has 1 fully saturated rings. The van der Waals surface area contributed by atoms with Gasteiger partial charge in [-0.3, -0.25) is 9.20 Å². The third-order valence-electron chi connectivity index (χ3n) is 4.95. The highest BCUT2D eigenvalue weighted by atomic mass is 19.4. The zero-order chi connectivity index (χ0) is 19.7. The van der Waals surface area contributed by atoms with Gasteiger partial charge in [0.15, 0.2) is 11.9 Å². The van der Waals surface area contributed by atoms with Crippen LogP contribution in [0.4, 0.5) is 19.1 Å². The summed E-state index contributed by atoms with van der Waals surface area (Å²) in [5.74, 6) is 1.04. The van der Waals surface area contributed by atoms with Crippen LogP contribution in [-0.4, -0.2) is 36.9 Å². The van der Waals surface area contributed by atoms with Gasteiger partial charge in [0.2, 0.25) is 5.95 Å². The van der Waals surface area contributed by atoms with Crippen LogP contribution in [0.15, 0.2) is 30.6 Å². The van der Waals surface area contributed by atoms with Gasteiger partial charge in [0.25, 0.3) is 0 Å². The lowest BCUT2D eigenvalue weighted by molar-refractivity contribution is -0.138. The van der Waals surface area contributed by atoms with Crippen LogP contribution in [0.2, 0.25) is 0 Å². The average Bonchev–Trinajstić information content (AvgIpc) is 3.11. The number of pyridine rings is 1. The second-order valence-corrected chi connectivity index (χ2v) is 6.80. The number of aldehydes is 1. The zero-order valence-electron chi connectivity index (χ0n) is 14.7. The van der Waals surface area contributed by atoms with Crippen LogP contribution < -0.4 is 5.32 Å². The van der Waals surface area contributed by atoms with E-state index in [9.17, 15) is 18.0 Å². The van der Waals surface area contributed by atoms with E-state index in [1.54, 1.807) is 0 Å². The van der Waals surface area contributed by atoms with Crippen LogP contribution >= 0.6 is 0 Å². The van der Waals surface area contributed by atoms with Crippen molar-refractivity contribution in [2.24, 2.45) is 0 Å². The Kier molecular flexibility index (Phi) is 4.70. The van der Waals surface area contributed by atoms with Crippen LogP contribution in [0.3, 0.4) is 0 Å². The lowest BCUT2D eigenvalue weighted by Gasteiger charge is -2.29. The van der Waals surface area contributed by atoms with E-state index in [-0.39, 0.29) is 24.2 Å². The number of hydrogen-bond donors (Lipinski definition) is 1. The topological polar surface area (TPSA) is 85.1 Å². The Morgan fingerprint density at radius 2 is 2.07 bits per heavy atom. The van der Waals surface area contributed by atoms with Gasteiger partial charge in [-0.1, -0.05) is 12.5 Å². The lowest BCUT2D eigenvalue weighted by Crippen LogP contribution is -2.28. The number of halogens is 3. The first-order valence-corrected chi connectivity index (χ1v) is 8.91. The fourth-order valence-corrected chi connectivity index (χ4v) is 3.65. The molecule has 3 aromatic heterocycles. The molecule has 0 aromatic carbocycles. The van der Waals surface area contributed by atoms with E-state index >= 15 is 0 Å². The van der Waals surface area contributed by atoms with E-state index in [0.29, 0.717) is 6.20 Å². The van der Waals surface area contributed by atoms with Crippen molar-refractivity contribution < 1.29 is 18.0 Å². The first-order chi connectivity index (χ1) is 13.5. The molecule has 4 rings (SSSR count). The van der Waals surface area contributed by atoms with Gasteiger partial charge < -0.3 is 5.32 Å². The van der Waals surface area contributed by atoms with Crippen LogP contribution in [0.5, 0.6) is 0 Å². The normalized spacial score (nSPS) is 20.2. The van der Waals surface area contributed by atoms with E-state index < -0.39 is 17.4 Å². The molecular weight excluding hydrogens is 373 g/mol. The quantitative estimate of drug-likeness (QED) is 0.687. The van der Waals surface area contributed by atoms with Gasteiger partial charge in [0.05, 0.1) is 0 Å². The molecule has 0 spiro atoms. The van der Waals surface area contributed by atoms with Gasteiger partial charge >= 0.3 is 6.18 Å². The standard InChI is InChI=1S/C18H17F3N6O/c19-18(20,21)13-9-22-17(24-14(13)10-28)23-12-5-3-4-11(8-12)16-26-25-15-6-1-2-7-27(15)16/h1-2,6-7,9-12H,3-5,8H2,(H,22,23,24)/t11-,12+/m0/s1. The molecular formula is C18H17F3N6O. The molecule has 146 valence electrons. The average molecular weight is 390 g/mol. The SMILES string of the molecule is O=Cc1nc(N[C@@H]2CCC[C@H](c3nnc4ccccn34)C2)ncc1C(F)(F)F. The maximum Gasteiger partial charge on any atom is 0.420 e. The first kappa shape index (κ1) is 18.3. The number of carbonyl (C=O) groups excluding carboxylic acids is 1. The number of alkyl halides is 3. The van der Waals surface area contributed by atoms with Gasteiger partial charge in [-0.2, -0.15) is 13.2 Å². The van der Waals surface area contributed by atoms with Gasteiger partial charge in [-0.25, -0.2) is 9.97 Å². The molecule has 10 heteroatoms. The van der Waals surface area contributed by atoms with Crippen molar-refractivity contribution >= 4 is 17.9 Å². The molecule has 28 heavy (non-hydrogen) atoms. The predicted octanol–water partition coefficient (Wildman–Crippen LogP) is 3.49. The molecule has 3 heterocycles. The summed E-state index contributed by atoms with van der Waals surface area (Å²) >= 11 is 0. The molecule has 1 saturated carbocycles. The van der Waals surface area contributed by atoms with Crippen molar-refractivity contribution in [1.82, 2.24) is 24.6 Å². The summed E-state index contributed by atoms with van der Waals surface area (Å²) in [5.41, 5.74) is -1.03. The molecule has 1 aliphatic rings. The van der Waals surface area contributed by atoms with Gasteiger partial charge in [-0.05, 0) is 31.4 Å². The molecule has 0 radical (unpaired) electrons. The summed E-state index contributed by atoms with van der Waals surface area (Å²) in [6, 6.07) is 5.65. The Morgan fingerprint density at radius 3 is 2.86 bits per heavy atom. The second-order valence-electron chi connectivity index (χ2n) is 6.80. The molecule has 3 aromatic rings. The second kappa shape index (κ2) is 7.17. The third kappa shape index (κ3) is 3.54. The Morgan fingerprint density at radius 1 is 1.21 bits per heavy atom. The highest BCUT2D eigenvalue weighted by molar-refractivity contribution is 5.75. The van der Waals surface area contributed by atoms with E-state index in [4.69, 9.17) is 0 Å². The predicted molar refractivity (Wildman–Crippen MR) is 94.0 cm³/mol. The van der Waals surface area contributed by atoms with Gasteiger partial charge in [0, 0.05) is 24.4 Å². The number of nitrogens with zero attached hydrogens (tertiary/aromatic N) is 5. The highest BCUT2D eigenvalue weighted by Gasteiger charge is 2.35. The number of nitrogens with one attached hydrogen (secondary N) is 1. The monoisotopic (exact) mass is 390 g/mol. The summed E-state index contributed by atoms with van der Waals surface area (Å²) in [6.07, 6.45) is 1.40. The summed E-state index contributed by atoms with van der Waals surface area (Å²) in [7, 11) is 0. The van der Waals surface area contributed by atoms with Crippen LogP contribution in [-0.2, 0) is 6.18 Å². The van der Waals surface area contributed by atoms with Crippen LogP contribution in [0, 0.1) is 0 Å². The molecule has 1 N–H and O–H groups in total. The minimum absolute atomic E-state index is 0.0202. The number of rotatable bonds is 4. The van der Waals surface area contributed by atoms with Gasteiger partial charge in [0.1, 0.15) is 17.1 Å². The minimum atomic E-state index is -4.67. The van der Waals surface area contributed by atoms with Crippen molar-refractivity contribution in [3.05, 3.63) is 47.7 Å². The number of aromatic nitrogens is 5. The van der Waals surface area contributed by atoms with Gasteiger partial charge in [-0.15, -0.1) is 10.2 Å². The van der Waals surface area contributed by atoms with E-state index in [1.807, 2.05) is 28.8 Å². The summed E-state index contributed by atoms with van der Waals surface area (Å²) in [5, 5.41) is 11.6. The van der Waals surface area contributed by atoms with E-state index in [2.05, 4.69) is 25.5 Å². The summed E-state index contributed by atoms with van der Waals surface area (Å²) in [4.78, 5) is 18.5. The van der Waals surface area contributed by atoms with E-state index in [0.717, 1.165) is 37.2 Å². The summed E-state index contributed by atoms with van der Waals surface area (Å²) < 4.78 is 40.6. The Labute approximate surface area is 158 Å². The molecule has 2 atom stereocenters. The van der Waals surface area contributed by atoms with Crippen molar-refractivity contribution in [3.63, 3.8) is 0 Å². The smallest absolute Gasteiger partial charge is 0.351 e. The van der Waals surface area contributed by atoms with Crippen molar-refractivity contribution in [2.75, 3.05) is 5.32 Å². The number of hydrogen-bond acceptors (Lipinski definition) is 6. The van der Waals surface area contributed by atoms with Crippen molar-refractivity contribution in [2.45, 2.75) is 43.8 Å². The maximum absolute atomic E-state index is 12.9. The first-order valence-electron chi connectivity index (χ1n) is 8.91. The molecule has 1 aliphatic carbocycles. The number of anilines is 1. The zero-order valence-corrected chi connectivity index (χ0v) is 14.7. The van der Waals surface area contributed by atoms with Crippen LogP contribution in [0.25, 0.3) is 5.65 Å². The highest BCUT2D eigenvalue weighted by Crippen LogP contribution is 2.34. The van der Waals surface area contributed by atoms with Crippen molar-refractivity contribution in [1.29, 1.82) is 0 Å². The molecule has 0 unspecified atom stereocenters. The third-order valence-corrected chi connectivity index (χ3v) is 4.95. The molecule has 0 aliphatic heterocycles. The Bertz CT molecular complexity index is 1000. The molecule has 7 nitrogen and oxygen atoms in total. The number of fused-ring (bicyclic) bond motifs is 1. The Balaban J connectivity index is 1.52. The fourth-order valence-electron chi connectivity index (χ4n) is 3.65. The Hall–Kier alpha value is -3.04. The number of carbonyl (C=O) groups is 1. The van der Waals surface area contributed by atoms with Crippen LogP contribution in [0.1, 0.15) is 53.5 Å². The lowest BCUT2D eigenvalue weighted by atomic mass is 9.85. The van der Waals surface area contributed by atoms with E-state index in [1.165, 1.54) is 0 Å². The summed E-state index contributed by atoms with van der Waals surface area (Å²) in [6.45, 7) is 0. The molecule has 0 amide bonds.